The van der Waals surface area contributed by atoms with Crippen LogP contribution in [0.2, 0.25) is 0 Å². The Morgan fingerprint density at radius 3 is 2.40 bits per heavy atom. The second-order valence-electron chi connectivity index (χ2n) is 2.58. The highest BCUT2D eigenvalue weighted by Crippen LogP contribution is 2.20. The monoisotopic (exact) mass is 232 g/mol. The van der Waals surface area contributed by atoms with Crippen LogP contribution in [0.3, 0.4) is 0 Å². The molecule has 0 atom stereocenters. The Hall–Kier alpha value is -1.57. The van der Waals surface area contributed by atoms with E-state index in [0.717, 1.165) is 6.07 Å². The molecule has 0 spiro atoms. The number of nitrogens with zero attached hydrogens (tertiary/aromatic N) is 4. The molecule has 0 fully saturated rings. The van der Waals surface area contributed by atoms with Gasteiger partial charge in [0.2, 0.25) is 5.16 Å². The summed E-state index contributed by atoms with van der Waals surface area (Å²) >= 11 is 3.76. The SMILES string of the molecule is Fc1ccc(F)c(-n2nnnc2S)c1F. The van der Waals surface area contributed by atoms with Crippen molar-refractivity contribution in [3.8, 4) is 5.69 Å². The van der Waals surface area contributed by atoms with Gasteiger partial charge in [-0.05, 0) is 22.6 Å². The van der Waals surface area contributed by atoms with Gasteiger partial charge in [0, 0.05) is 0 Å². The molecule has 0 aliphatic rings. The summed E-state index contributed by atoms with van der Waals surface area (Å²) in [7, 11) is 0. The number of thiol groups is 1. The fourth-order valence-electron chi connectivity index (χ4n) is 1.04. The third-order valence-corrected chi connectivity index (χ3v) is 1.96. The molecule has 0 radical (unpaired) electrons. The number of tetrazole rings is 1. The summed E-state index contributed by atoms with van der Waals surface area (Å²) < 4.78 is 40.0. The Kier molecular flexibility index (Phi) is 2.35. The highest BCUT2D eigenvalue weighted by atomic mass is 32.1. The van der Waals surface area contributed by atoms with Gasteiger partial charge < -0.3 is 0 Å². The molecule has 1 aromatic carbocycles. The fourth-order valence-corrected chi connectivity index (χ4v) is 1.22. The Morgan fingerprint density at radius 2 is 1.80 bits per heavy atom. The zero-order chi connectivity index (χ0) is 11.0. The maximum Gasteiger partial charge on any atom is 0.211 e. The van der Waals surface area contributed by atoms with Gasteiger partial charge in [0.15, 0.2) is 17.5 Å². The average molecular weight is 232 g/mol. The number of hydrogen-bond donors (Lipinski definition) is 1. The van der Waals surface area contributed by atoms with E-state index in [9.17, 15) is 13.2 Å². The molecule has 8 heteroatoms. The topological polar surface area (TPSA) is 43.6 Å². The first-order valence-corrected chi connectivity index (χ1v) is 4.17. The van der Waals surface area contributed by atoms with Gasteiger partial charge in [-0.15, -0.1) is 17.7 Å². The highest BCUT2D eigenvalue weighted by Gasteiger charge is 2.18. The van der Waals surface area contributed by atoms with Crippen molar-refractivity contribution in [1.29, 1.82) is 0 Å². The first-order valence-electron chi connectivity index (χ1n) is 3.72. The van der Waals surface area contributed by atoms with E-state index in [1.54, 1.807) is 0 Å². The molecule has 0 bridgehead atoms. The number of rotatable bonds is 1. The Bertz CT molecular complexity index is 513. The van der Waals surface area contributed by atoms with Crippen LogP contribution in [0.15, 0.2) is 17.3 Å². The van der Waals surface area contributed by atoms with Crippen LogP contribution in [-0.2, 0) is 0 Å². The third kappa shape index (κ3) is 1.56. The zero-order valence-electron chi connectivity index (χ0n) is 7.02. The standard InChI is InChI=1S/C7H3F3N4S/c8-3-1-2-4(9)6(5(3)10)14-7(15)11-12-13-14/h1-2H,(H,11,13,15). The summed E-state index contributed by atoms with van der Waals surface area (Å²) in [6.45, 7) is 0. The molecular formula is C7H3F3N4S. The number of hydrogen-bond acceptors (Lipinski definition) is 4. The number of halogens is 3. The number of aromatic nitrogens is 4. The van der Waals surface area contributed by atoms with Crippen molar-refractivity contribution in [3.63, 3.8) is 0 Å². The van der Waals surface area contributed by atoms with E-state index < -0.39 is 23.1 Å². The van der Waals surface area contributed by atoms with Crippen LogP contribution in [0, 0.1) is 17.5 Å². The van der Waals surface area contributed by atoms with Crippen molar-refractivity contribution in [3.05, 3.63) is 29.6 Å². The molecule has 0 aliphatic heterocycles. The Balaban J connectivity index is 2.72. The lowest BCUT2D eigenvalue weighted by atomic mass is 10.3. The van der Waals surface area contributed by atoms with Crippen LogP contribution < -0.4 is 0 Å². The summed E-state index contributed by atoms with van der Waals surface area (Å²) in [5, 5.41) is 9.60. The lowest BCUT2D eigenvalue weighted by molar-refractivity contribution is 0.479. The summed E-state index contributed by atoms with van der Waals surface area (Å²) in [5.74, 6) is -3.52. The van der Waals surface area contributed by atoms with E-state index in [4.69, 9.17) is 0 Å². The first kappa shape index (κ1) is 9.97. The normalized spacial score (nSPS) is 10.7. The molecule has 0 unspecified atom stereocenters. The molecule has 2 aromatic rings. The van der Waals surface area contributed by atoms with Crippen molar-refractivity contribution in [2.75, 3.05) is 0 Å². The Labute approximate surface area is 87.1 Å². The smallest absolute Gasteiger partial charge is 0.204 e. The van der Waals surface area contributed by atoms with E-state index in [1.807, 2.05) is 0 Å². The van der Waals surface area contributed by atoms with E-state index in [1.165, 1.54) is 0 Å². The summed E-state index contributed by atoms with van der Waals surface area (Å²) in [5.41, 5.74) is -0.690. The first-order chi connectivity index (χ1) is 7.11. The minimum absolute atomic E-state index is 0.140. The van der Waals surface area contributed by atoms with E-state index in [2.05, 4.69) is 28.2 Å². The lowest BCUT2D eigenvalue weighted by Gasteiger charge is -2.04. The molecule has 0 amide bonds. The predicted octanol–water partition coefficient (Wildman–Crippen LogP) is 1.37. The molecule has 78 valence electrons. The van der Waals surface area contributed by atoms with Crippen molar-refractivity contribution >= 4 is 12.6 Å². The fraction of sp³-hybridized carbons (Fsp3) is 0. The van der Waals surface area contributed by atoms with E-state index in [-0.39, 0.29) is 5.16 Å². The predicted molar refractivity (Wildman–Crippen MR) is 46.3 cm³/mol. The van der Waals surface area contributed by atoms with E-state index in [0.29, 0.717) is 10.7 Å². The molecule has 0 saturated heterocycles. The summed E-state index contributed by atoms with van der Waals surface area (Å²) in [4.78, 5) is 0. The van der Waals surface area contributed by atoms with Crippen LogP contribution in [-0.4, -0.2) is 20.2 Å². The summed E-state index contributed by atoms with van der Waals surface area (Å²) in [6, 6.07) is 1.46. The van der Waals surface area contributed by atoms with Crippen molar-refractivity contribution in [1.82, 2.24) is 20.2 Å². The molecule has 0 N–H and O–H groups in total. The molecule has 0 aliphatic carbocycles. The van der Waals surface area contributed by atoms with E-state index >= 15 is 0 Å². The molecule has 4 nitrogen and oxygen atoms in total. The molecule has 2 rings (SSSR count). The van der Waals surface area contributed by atoms with Gasteiger partial charge in [0.25, 0.3) is 0 Å². The zero-order valence-corrected chi connectivity index (χ0v) is 7.92. The van der Waals surface area contributed by atoms with Crippen LogP contribution in [0.4, 0.5) is 13.2 Å². The highest BCUT2D eigenvalue weighted by molar-refractivity contribution is 7.80. The van der Waals surface area contributed by atoms with Gasteiger partial charge >= 0.3 is 0 Å². The van der Waals surface area contributed by atoms with Crippen LogP contribution >= 0.6 is 12.6 Å². The molecular weight excluding hydrogens is 229 g/mol. The van der Waals surface area contributed by atoms with Gasteiger partial charge in [-0.1, -0.05) is 0 Å². The maximum absolute atomic E-state index is 13.2. The largest absolute Gasteiger partial charge is 0.211 e. The molecule has 0 saturated carbocycles. The van der Waals surface area contributed by atoms with Gasteiger partial charge in [-0.3, -0.25) is 0 Å². The minimum atomic E-state index is -1.36. The third-order valence-electron chi connectivity index (χ3n) is 1.68. The summed E-state index contributed by atoms with van der Waals surface area (Å²) in [6.07, 6.45) is 0. The second kappa shape index (κ2) is 3.54. The van der Waals surface area contributed by atoms with Gasteiger partial charge in [0.1, 0.15) is 5.69 Å². The van der Waals surface area contributed by atoms with Crippen LogP contribution in [0.25, 0.3) is 5.69 Å². The van der Waals surface area contributed by atoms with Crippen molar-refractivity contribution in [2.24, 2.45) is 0 Å². The van der Waals surface area contributed by atoms with Crippen LogP contribution in [0.1, 0.15) is 0 Å². The lowest BCUT2D eigenvalue weighted by Crippen LogP contribution is -2.06. The Morgan fingerprint density at radius 1 is 1.13 bits per heavy atom. The average Bonchev–Trinajstić information content (AvgIpc) is 2.60. The molecule has 15 heavy (non-hydrogen) atoms. The maximum atomic E-state index is 13.2. The second-order valence-corrected chi connectivity index (χ2v) is 2.98. The van der Waals surface area contributed by atoms with Crippen molar-refractivity contribution in [2.45, 2.75) is 5.16 Å². The van der Waals surface area contributed by atoms with Gasteiger partial charge in [-0.25, -0.2) is 13.2 Å². The molecule has 1 heterocycles. The van der Waals surface area contributed by atoms with Gasteiger partial charge in [-0.2, -0.15) is 4.68 Å². The quantitative estimate of drug-likeness (QED) is 0.596. The minimum Gasteiger partial charge on any atom is -0.204 e. The van der Waals surface area contributed by atoms with Gasteiger partial charge in [0.05, 0.1) is 0 Å². The molecule has 1 aromatic heterocycles. The van der Waals surface area contributed by atoms with Crippen LogP contribution in [0.5, 0.6) is 0 Å². The number of benzene rings is 1. The van der Waals surface area contributed by atoms with Crippen molar-refractivity contribution < 1.29 is 13.2 Å².